The number of phenols is 1. The molecular formula is C22H31IN4O2. The molecule has 0 unspecified atom stereocenters. The predicted molar refractivity (Wildman–Crippen MR) is 130 cm³/mol. The zero-order chi connectivity index (χ0) is 19.8. The van der Waals surface area contributed by atoms with Crippen LogP contribution in [0.4, 0.5) is 5.69 Å². The Morgan fingerprint density at radius 1 is 1.07 bits per heavy atom. The number of aliphatic imine (C=N–C) groups is 1. The summed E-state index contributed by atoms with van der Waals surface area (Å²) in [5.74, 6) is 1.61. The average Bonchev–Trinajstić information content (AvgIpc) is 2.74. The molecule has 2 aromatic carbocycles. The van der Waals surface area contributed by atoms with Gasteiger partial charge in [0.1, 0.15) is 0 Å². The number of nitrogens with one attached hydrogen (secondary N) is 1. The number of piperazine rings is 1. The van der Waals surface area contributed by atoms with Crippen LogP contribution in [0.15, 0.2) is 53.5 Å². The Morgan fingerprint density at radius 2 is 1.79 bits per heavy atom. The van der Waals surface area contributed by atoms with Gasteiger partial charge in [-0.2, -0.15) is 0 Å². The number of guanidine groups is 1. The van der Waals surface area contributed by atoms with Crippen molar-refractivity contribution in [3.05, 3.63) is 54.1 Å². The van der Waals surface area contributed by atoms with Gasteiger partial charge >= 0.3 is 0 Å². The van der Waals surface area contributed by atoms with Gasteiger partial charge in [0.25, 0.3) is 0 Å². The highest BCUT2D eigenvalue weighted by atomic mass is 127. The monoisotopic (exact) mass is 510 g/mol. The SMILES string of the molecule is CCNC(=NCc1ccc(O)c(OCC)c1)N1CCN(c2ccccc2)CC1.I. The molecule has 6 nitrogen and oxygen atoms in total. The zero-order valence-electron chi connectivity index (χ0n) is 17.2. The second kappa shape index (κ2) is 11.7. The lowest BCUT2D eigenvalue weighted by atomic mass is 10.2. The molecule has 0 amide bonds. The van der Waals surface area contributed by atoms with Gasteiger partial charge < -0.3 is 25.0 Å². The van der Waals surface area contributed by atoms with E-state index in [-0.39, 0.29) is 29.7 Å². The number of nitrogens with zero attached hydrogens (tertiary/aromatic N) is 3. The Kier molecular flexibility index (Phi) is 9.37. The summed E-state index contributed by atoms with van der Waals surface area (Å²) in [5, 5.41) is 13.3. The molecule has 0 atom stereocenters. The summed E-state index contributed by atoms with van der Waals surface area (Å²) in [6.07, 6.45) is 0. The number of aromatic hydroxyl groups is 1. The fourth-order valence-corrected chi connectivity index (χ4v) is 3.34. The third kappa shape index (κ3) is 6.42. The van der Waals surface area contributed by atoms with E-state index in [1.165, 1.54) is 5.69 Å². The molecule has 0 bridgehead atoms. The van der Waals surface area contributed by atoms with E-state index >= 15 is 0 Å². The van der Waals surface area contributed by atoms with Gasteiger partial charge in [-0.25, -0.2) is 4.99 Å². The number of anilines is 1. The van der Waals surface area contributed by atoms with Crippen LogP contribution in [0.25, 0.3) is 0 Å². The van der Waals surface area contributed by atoms with Gasteiger partial charge in [-0.1, -0.05) is 24.3 Å². The molecule has 0 radical (unpaired) electrons. The van der Waals surface area contributed by atoms with Gasteiger partial charge in [0.05, 0.1) is 13.2 Å². The Labute approximate surface area is 190 Å². The van der Waals surface area contributed by atoms with Crippen molar-refractivity contribution in [1.29, 1.82) is 0 Å². The van der Waals surface area contributed by atoms with Crippen LogP contribution in [-0.2, 0) is 6.54 Å². The molecule has 1 heterocycles. The van der Waals surface area contributed by atoms with Gasteiger partial charge in [-0.3, -0.25) is 0 Å². The normalized spacial score (nSPS) is 14.3. The summed E-state index contributed by atoms with van der Waals surface area (Å²) in [4.78, 5) is 9.54. The van der Waals surface area contributed by atoms with Crippen LogP contribution < -0.4 is 15.0 Å². The summed E-state index contributed by atoms with van der Waals surface area (Å²) in [6.45, 7) is 9.70. The van der Waals surface area contributed by atoms with Crippen LogP contribution in [0.2, 0.25) is 0 Å². The molecule has 0 saturated carbocycles. The van der Waals surface area contributed by atoms with Gasteiger partial charge in [0.15, 0.2) is 17.5 Å². The van der Waals surface area contributed by atoms with Crippen molar-refractivity contribution in [2.24, 2.45) is 4.99 Å². The number of hydrogen-bond acceptors (Lipinski definition) is 4. The summed E-state index contributed by atoms with van der Waals surface area (Å²) in [6, 6.07) is 16.0. The van der Waals surface area contributed by atoms with E-state index in [0.717, 1.165) is 44.2 Å². The number of phenolic OH excluding ortho intramolecular Hbond substituents is 1. The largest absolute Gasteiger partial charge is 0.504 e. The smallest absolute Gasteiger partial charge is 0.194 e. The first-order chi connectivity index (χ1) is 13.7. The number of benzene rings is 2. The van der Waals surface area contributed by atoms with Crippen molar-refractivity contribution in [2.45, 2.75) is 20.4 Å². The summed E-state index contributed by atoms with van der Waals surface area (Å²) in [5.41, 5.74) is 2.29. The number of para-hydroxylation sites is 1. The maximum absolute atomic E-state index is 9.86. The van der Waals surface area contributed by atoms with Crippen molar-refractivity contribution in [2.75, 3.05) is 44.2 Å². The van der Waals surface area contributed by atoms with E-state index in [4.69, 9.17) is 9.73 Å². The van der Waals surface area contributed by atoms with Crippen LogP contribution in [0.1, 0.15) is 19.4 Å². The molecule has 7 heteroatoms. The van der Waals surface area contributed by atoms with Crippen LogP contribution in [0.5, 0.6) is 11.5 Å². The molecule has 1 fully saturated rings. The van der Waals surface area contributed by atoms with E-state index in [1.807, 2.05) is 19.1 Å². The summed E-state index contributed by atoms with van der Waals surface area (Å²) < 4.78 is 5.47. The highest BCUT2D eigenvalue weighted by molar-refractivity contribution is 14.0. The van der Waals surface area contributed by atoms with Gasteiger partial charge in [-0.15, -0.1) is 24.0 Å². The molecule has 1 aliphatic rings. The Bertz CT molecular complexity index is 778. The lowest BCUT2D eigenvalue weighted by molar-refractivity contribution is 0.317. The van der Waals surface area contributed by atoms with Crippen molar-refractivity contribution >= 4 is 35.6 Å². The second-order valence-corrected chi connectivity index (χ2v) is 6.71. The number of rotatable bonds is 6. The predicted octanol–water partition coefficient (Wildman–Crippen LogP) is 3.70. The zero-order valence-corrected chi connectivity index (χ0v) is 19.5. The average molecular weight is 510 g/mol. The second-order valence-electron chi connectivity index (χ2n) is 6.71. The first-order valence-corrected chi connectivity index (χ1v) is 9.99. The molecular weight excluding hydrogens is 479 g/mol. The molecule has 0 aromatic heterocycles. The first-order valence-electron chi connectivity index (χ1n) is 9.99. The minimum atomic E-state index is 0. The number of ether oxygens (including phenoxy) is 1. The van der Waals surface area contributed by atoms with Crippen molar-refractivity contribution in [3.8, 4) is 11.5 Å². The topological polar surface area (TPSA) is 60.3 Å². The molecule has 3 rings (SSSR count). The van der Waals surface area contributed by atoms with Gasteiger partial charge in [-0.05, 0) is 43.7 Å². The maximum Gasteiger partial charge on any atom is 0.194 e. The molecule has 158 valence electrons. The molecule has 1 saturated heterocycles. The van der Waals surface area contributed by atoms with E-state index in [2.05, 4.69) is 52.4 Å². The van der Waals surface area contributed by atoms with E-state index in [0.29, 0.717) is 18.9 Å². The lowest BCUT2D eigenvalue weighted by Crippen LogP contribution is -2.52. The Morgan fingerprint density at radius 3 is 2.45 bits per heavy atom. The van der Waals surface area contributed by atoms with Gasteiger partial charge in [0, 0.05) is 38.4 Å². The fourth-order valence-electron chi connectivity index (χ4n) is 3.34. The first kappa shape index (κ1) is 23.1. The van der Waals surface area contributed by atoms with Crippen molar-refractivity contribution in [1.82, 2.24) is 10.2 Å². The lowest BCUT2D eigenvalue weighted by Gasteiger charge is -2.37. The van der Waals surface area contributed by atoms with E-state index in [1.54, 1.807) is 6.07 Å². The van der Waals surface area contributed by atoms with Crippen molar-refractivity contribution in [3.63, 3.8) is 0 Å². The van der Waals surface area contributed by atoms with Crippen LogP contribution in [0.3, 0.4) is 0 Å². The Balaban J connectivity index is 0.00000300. The molecule has 2 aromatic rings. The van der Waals surface area contributed by atoms with E-state index in [9.17, 15) is 5.11 Å². The molecule has 29 heavy (non-hydrogen) atoms. The number of halogens is 1. The summed E-state index contributed by atoms with van der Waals surface area (Å²) >= 11 is 0. The maximum atomic E-state index is 9.86. The molecule has 0 spiro atoms. The highest BCUT2D eigenvalue weighted by Gasteiger charge is 2.19. The molecule has 1 aliphatic heterocycles. The van der Waals surface area contributed by atoms with Crippen molar-refractivity contribution < 1.29 is 9.84 Å². The summed E-state index contributed by atoms with van der Waals surface area (Å²) in [7, 11) is 0. The quantitative estimate of drug-likeness (QED) is 0.353. The minimum absolute atomic E-state index is 0. The third-order valence-electron chi connectivity index (χ3n) is 4.77. The number of hydrogen-bond donors (Lipinski definition) is 2. The van der Waals surface area contributed by atoms with Crippen LogP contribution in [-0.4, -0.2) is 55.3 Å². The van der Waals surface area contributed by atoms with Gasteiger partial charge in [0.2, 0.25) is 0 Å². The minimum Gasteiger partial charge on any atom is -0.504 e. The standard InChI is InChI=1S/C22H30N4O2.HI/c1-3-23-22(24-17-18-10-11-20(27)21(16-18)28-4-2)26-14-12-25(13-15-26)19-8-6-5-7-9-19;/h5-11,16,27H,3-4,12-15,17H2,1-2H3,(H,23,24);1H. The van der Waals surface area contributed by atoms with Crippen LogP contribution in [0, 0.1) is 0 Å². The molecule has 0 aliphatic carbocycles. The highest BCUT2D eigenvalue weighted by Crippen LogP contribution is 2.27. The fraction of sp³-hybridized carbons (Fsp3) is 0.409. The Hall–Kier alpha value is -2.16. The van der Waals surface area contributed by atoms with Crippen LogP contribution >= 0.6 is 24.0 Å². The molecule has 2 N–H and O–H groups in total. The van der Waals surface area contributed by atoms with E-state index < -0.39 is 0 Å². The third-order valence-corrected chi connectivity index (χ3v) is 4.77.